The molecule has 1 aliphatic heterocycles. The molecule has 4 nitrogen and oxygen atoms in total. The average Bonchev–Trinajstić information content (AvgIpc) is 2.61. The van der Waals surface area contributed by atoms with Gasteiger partial charge in [-0.2, -0.15) is 0 Å². The number of hydrogen-bond donors (Lipinski definition) is 1. The third-order valence-corrected chi connectivity index (χ3v) is 4.43. The Kier molecular flexibility index (Phi) is 4.65. The van der Waals surface area contributed by atoms with E-state index in [1.54, 1.807) is 12.1 Å². The van der Waals surface area contributed by atoms with E-state index in [0.29, 0.717) is 12.0 Å². The van der Waals surface area contributed by atoms with Gasteiger partial charge in [-0.3, -0.25) is 4.79 Å². The third kappa shape index (κ3) is 3.32. The summed E-state index contributed by atoms with van der Waals surface area (Å²) < 4.78 is 5.30. The first-order valence-electron chi connectivity index (χ1n) is 8.26. The molecule has 1 N–H and O–H groups in total. The zero-order valence-electron chi connectivity index (χ0n) is 13.9. The number of aryl methyl sites for hydroxylation is 1. The highest BCUT2D eigenvalue weighted by Crippen LogP contribution is 2.21. The van der Waals surface area contributed by atoms with Crippen LogP contribution in [0.25, 0.3) is 0 Å². The smallest absolute Gasteiger partial charge is 0.339 e. The van der Waals surface area contributed by atoms with Gasteiger partial charge >= 0.3 is 5.97 Å². The number of ether oxygens (including phenoxy) is 1. The zero-order valence-corrected chi connectivity index (χ0v) is 13.9. The molecule has 1 aliphatic rings. The lowest BCUT2D eigenvalue weighted by molar-refractivity contribution is -0.131. The van der Waals surface area contributed by atoms with E-state index in [4.69, 9.17) is 4.74 Å². The molecule has 24 heavy (non-hydrogen) atoms. The van der Waals surface area contributed by atoms with Crippen molar-refractivity contribution in [3.8, 4) is 0 Å². The van der Waals surface area contributed by atoms with Crippen LogP contribution >= 0.6 is 0 Å². The number of hydrogen-bond acceptors (Lipinski definition) is 3. The number of amides is 1. The second-order valence-corrected chi connectivity index (χ2v) is 6.08. The van der Waals surface area contributed by atoms with Crippen molar-refractivity contribution in [3.05, 3.63) is 70.8 Å². The van der Waals surface area contributed by atoms with Crippen LogP contribution in [0.4, 0.5) is 0 Å². The maximum absolute atomic E-state index is 12.5. The highest BCUT2D eigenvalue weighted by Gasteiger charge is 2.31. The molecule has 4 heteroatoms. The van der Waals surface area contributed by atoms with Gasteiger partial charge in [0.15, 0.2) is 6.10 Å². The molecule has 0 aliphatic carbocycles. The van der Waals surface area contributed by atoms with Gasteiger partial charge in [0.05, 0.1) is 11.6 Å². The Balaban J connectivity index is 1.67. The van der Waals surface area contributed by atoms with E-state index in [9.17, 15) is 9.59 Å². The summed E-state index contributed by atoms with van der Waals surface area (Å²) in [5.74, 6) is -0.693. The van der Waals surface area contributed by atoms with Gasteiger partial charge in [0.25, 0.3) is 5.91 Å². The Labute approximate surface area is 141 Å². The van der Waals surface area contributed by atoms with Crippen LogP contribution in [-0.4, -0.2) is 18.0 Å². The van der Waals surface area contributed by atoms with Crippen molar-refractivity contribution in [1.29, 1.82) is 0 Å². The minimum absolute atomic E-state index is 0.140. The quantitative estimate of drug-likeness (QED) is 0.879. The van der Waals surface area contributed by atoms with Crippen molar-refractivity contribution in [2.24, 2.45) is 0 Å². The molecule has 1 heterocycles. The molecule has 2 atom stereocenters. The van der Waals surface area contributed by atoms with Crippen LogP contribution in [0.3, 0.4) is 0 Å². The molecule has 0 spiro atoms. The van der Waals surface area contributed by atoms with E-state index in [1.165, 1.54) is 5.56 Å². The molecular formula is C20H21NO3. The summed E-state index contributed by atoms with van der Waals surface area (Å²) in [7, 11) is 0. The fraction of sp³-hybridized carbons (Fsp3) is 0.300. The lowest BCUT2D eigenvalue weighted by Crippen LogP contribution is -2.42. The summed E-state index contributed by atoms with van der Waals surface area (Å²) in [4.78, 5) is 24.5. The van der Waals surface area contributed by atoms with Crippen molar-refractivity contribution < 1.29 is 14.3 Å². The average molecular weight is 323 g/mol. The van der Waals surface area contributed by atoms with Crippen LogP contribution in [0.1, 0.15) is 46.9 Å². The lowest BCUT2D eigenvalue weighted by Gasteiger charge is -2.25. The van der Waals surface area contributed by atoms with E-state index in [2.05, 4.69) is 24.4 Å². The van der Waals surface area contributed by atoms with E-state index < -0.39 is 12.1 Å². The van der Waals surface area contributed by atoms with Gasteiger partial charge in [0, 0.05) is 6.42 Å². The number of nitrogens with one attached hydrogen (secondary N) is 1. The standard InChI is InChI=1S/C20H21NO3/c1-3-14-8-10-15(11-9-14)13(2)21-19(22)18-12-16-6-4-5-7-17(16)20(23)24-18/h4-11,13,18H,3,12H2,1-2H3,(H,21,22). The van der Waals surface area contributed by atoms with Crippen molar-refractivity contribution in [3.63, 3.8) is 0 Å². The second-order valence-electron chi connectivity index (χ2n) is 6.08. The van der Waals surface area contributed by atoms with Gasteiger partial charge in [0.2, 0.25) is 0 Å². The normalized spacial score (nSPS) is 17.6. The number of cyclic esters (lactones) is 1. The maximum atomic E-state index is 12.5. The molecule has 0 radical (unpaired) electrons. The molecule has 1 amide bonds. The fourth-order valence-electron chi connectivity index (χ4n) is 2.91. The molecule has 124 valence electrons. The number of fused-ring (bicyclic) bond motifs is 1. The van der Waals surface area contributed by atoms with Crippen LogP contribution in [0.2, 0.25) is 0 Å². The Hall–Kier alpha value is -2.62. The zero-order chi connectivity index (χ0) is 17.1. The highest BCUT2D eigenvalue weighted by molar-refractivity contribution is 5.95. The molecule has 0 aromatic heterocycles. The van der Waals surface area contributed by atoms with Crippen LogP contribution in [0.5, 0.6) is 0 Å². The van der Waals surface area contributed by atoms with Crippen molar-refractivity contribution in [1.82, 2.24) is 5.32 Å². The topological polar surface area (TPSA) is 55.4 Å². The summed E-state index contributed by atoms with van der Waals surface area (Å²) in [6, 6.07) is 15.3. The molecule has 0 saturated heterocycles. The Bertz CT molecular complexity index is 752. The summed E-state index contributed by atoms with van der Waals surface area (Å²) in [5, 5.41) is 2.94. The van der Waals surface area contributed by atoms with Gasteiger partial charge in [-0.05, 0) is 36.1 Å². The fourth-order valence-corrected chi connectivity index (χ4v) is 2.91. The SMILES string of the molecule is CCc1ccc(C(C)NC(=O)C2Cc3ccccc3C(=O)O2)cc1. The maximum Gasteiger partial charge on any atom is 0.339 e. The summed E-state index contributed by atoms with van der Waals surface area (Å²) in [5.41, 5.74) is 3.69. The number of carbonyl (C=O) groups excluding carboxylic acids is 2. The van der Waals surface area contributed by atoms with Gasteiger partial charge in [0.1, 0.15) is 0 Å². The van der Waals surface area contributed by atoms with E-state index >= 15 is 0 Å². The first-order chi connectivity index (χ1) is 11.6. The van der Waals surface area contributed by atoms with Crippen LogP contribution < -0.4 is 5.32 Å². The molecule has 3 rings (SSSR count). The van der Waals surface area contributed by atoms with Gasteiger partial charge in [-0.25, -0.2) is 4.79 Å². The van der Waals surface area contributed by atoms with E-state index in [-0.39, 0.29) is 11.9 Å². The van der Waals surface area contributed by atoms with Crippen LogP contribution in [0, 0.1) is 0 Å². The predicted octanol–water partition coefficient (Wildman–Crippen LogP) is 3.21. The Morgan fingerprint density at radius 3 is 2.62 bits per heavy atom. The predicted molar refractivity (Wildman–Crippen MR) is 91.7 cm³/mol. The monoisotopic (exact) mass is 323 g/mol. The summed E-state index contributed by atoms with van der Waals surface area (Å²) in [6.45, 7) is 4.03. The first-order valence-corrected chi connectivity index (χ1v) is 8.26. The van der Waals surface area contributed by atoms with Crippen molar-refractivity contribution >= 4 is 11.9 Å². The van der Waals surface area contributed by atoms with E-state index in [0.717, 1.165) is 17.5 Å². The molecule has 2 aromatic rings. The molecular weight excluding hydrogens is 302 g/mol. The van der Waals surface area contributed by atoms with Gasteiger partial charge in [-0.15, -0.1) is 0 Å². The molecule has 0 saturated carbocycles. The molecule has 2 unspecified atom stereocenters. The highest BCUT2D eigenvalue weighted by atomic mass is 16.5. The second kappa shape index (κ2) is 6.87. The Morgan fingerprint density at radius 2 is 1.92 bits per heavy atom. The third-order valence-electron chi connectivity index (χ3n) is 4.43. The van der Waals surface area contributed by atoms with Crippen LogP contribution in [-0.2, 0) is 22.4 Å². The van der Waals surface area contributed by atoms with Gasteiger partial charge in [-0.1, -0.05) is 49.4 Å². The lowest BCUT2D eigenvalue weighted by atomic mass is 9.98. The van der Waals surface area contributed by atoms with Crippen LogP contribution in [0.15, 0.2) is 48.5 Å². The number of esters is 1. The summed E-state index contributed by atoms with van der Waals surface area (Å²) in [6.07, 6.45) is 0.623. The molecule has 0 fully saturated rings. The van der Waals surface area contributed by atoms with Crippen molar-refractivity contribution in [2.45, 2.75) is 38.8 Å². The largest absolute Gasteiger partial charge is 0.448 e. The first kappa shape index (κ1) is 16.2. The molecule has 0 bridgehead atoms. The number of benzene rings is 2. The minimum atomic E-state index is -0.773. The Morgan fingerprint density at radius 1 is 1.21 bits per heavy atom. The number of carbonyl (C=O) groups is 2. The number of rotatable bonds is 4. The summed E-state index contributed by atoms with van der Waals surface area (Å²) >= 11 is 0. The minimum Gasteiger partial charge on any atom is -0.448 e. The van der Waals surface area contributed by atoms with Crippen molar-refractivity contribution in [2.75, 3.05) is 0 Å². The van der Waals surface area contributed by atoms with E-state index in [1.807, 2.05) is 31.2 Å². The van der Waals surface area contributed by atoms with Gasteiger partial charge < -0.3 is 10.1 Å². The molecule has 2 aromatic carbocycles.